The number of hydrogen-bond acceptors (Lipinski definition) is 4. The van der Waals surface area contributed by atoms with Crippen LogP contribution in [0, 0.1) is 5.92 Å². The fourth-order valence-corrected chi connectivity index (χ4v) is 4.76. The van der Waals surface area contributed by atoms with Crippen LogP contribution in [0.1, 0.15) is 18.0 Å². The SMILES string of the molecule is O=c1cc(-c2ccc(N3CCNCC3)cc2)cc2n1C[C@@H]1CNC[C@H]2C1. The van der Waals surface area contributed by atoms with Crippen LogP contribution in [0.15, 0.2) is 41.2 Å². The van der Waals surface area contributed by atoms with Crippen LogP contribution in [0.5, 0.6) is 0 Å². The van der Waals surface area contributed by atoms with Gasteiger partial charge in [0.15, 0.2) is 0 Å². The molecule has 2 bridgehead atoms. The van der Waals surface area contributed by atoms with Crippen LogP contribution < -0.4 is 21.1 Å². The predicted octanol–water partition coefficient (Wildman–Crippen LogP) is 1.63. The first kappa shape index (κ1) is 16.1. The normalized spacial score (nSPS) is 25.0. The van der Waals surface area contributed by atoms with Crippen molar-refractivity contribution in [3.05, 3.63) is 52.4 Å². The van der Waals surface area contributed by atoms with E-state index in [4.69, 9.17) is 0 Å². The molecule has 0 spiro atoms. The summed E-state index contributed by atoms with van der Waals surface area (Å²) < 4.78 is 2.01. The number of nitrogens with zero attached hydrogens (tertiary/aromatic N) is 2. The molecule has 0 aliphatic carbocycles. The van der Waals surface area contributed by atoms with Crippen molar-refractivity contribution < 1.29 is 0 Å². The van der Waals surface area contributed by atoms with Gasteiger partial charge < -0.3 is 20.1 Å². The molecule has 1 aromatic carbocycles. The maximum absolute atomic E-state index is 12.7. The van der Waals surface area contributed by atoms with Crippen LogP contribution in [0.4, 0.5) is 5.69 Å². The van der Waals surface area contributed by atoms with Crippen LogP contribution in [0.2, 0.25) is 0 Å². The van der Waals surface area contributed by atoms with E-state index in [1.54, 1.807) is 0 Å². The van der Waals surface area contributed by atoms with Crippen molar-refractivity contribution in [3.63, 3.8) is 0 Å². The van der Waals surface area contributed by atoms with E-state index >= 15 is 0 Å². The zero-order chi connectivity index (χ0) is 17.5. The highest BCUT2D eigenvalue weighted by Gasteiger charge is 2.31. The summed E-state index contributed by atoms with van der Waals surface area (Å²) in [7, 11) is 0. The zero-order valence-corrected chi connectivity index (χ0v) is 15.1. The molecule has 2 aromatic rings. The van der Waals surface area contributed by atoms with Gasteiger partial charge in [-0.1, -0.05) is 12.1 Å². The minimum absolute atomic E-state index is 0.153. The Labute approximate surface area is 154 Å². The lowest BCUT2D eigenvalue weighted by Gasteiger charge is -2.37. The molecule has 26 heavy (non-hydrogen) atoms. The Morgan fingerprint density at radius 3 is 2.54 bits per heavy atom. The van der Waals surface area contributed by atoms with Gasteiger partial charge in [-0.3, -0.25) is 4.79 Å². The number of pyridine rings is 1. The molecule has 2 N–H and O–H groups in total. The monoisotopic (exact) mass is 350 g/mol. The minimum atomic E-state index is 0.153. The first-order valence-corrected chi connectivity index (χ1v) is 9.79. The molecule has 4 heterocycles. The highest BCUT2D eigenvalue weighted by Crippen LogP contribution is 2.34. The van der Waals surface area contributed by atoms with Crippen molar-refractivity contribution in [2.24, 2.45) is 5.92 Å². The standard InChI is InChI=1S/C21H26N4O/c26-21-11-17(10-20-18-9-15(12-23-13-18)14-25(20)21)16-1-3-19(4-2-16)24-7-5-22-6-8-24/h1-4,10-11,15,18,22-23H,5-9,12-14H2/t15-,18+/m0/s1. The summed E-state index contributed by atoms with van der Waals surface area (Å²) >= 11 is 0. The number of hydrogen-bond donors (Lipinski definition) is 2. The van der Waals surface area contributed by atoms with E-state index in [-0.39, 0.29) is 5.56 Å². The summed E-state index contributed by atoms with van der Waals surface area (Å²) in [6, 6.07) is 12.8. The van der Waals surface area contributed by atoms with Crippen LogP contribution in [0.25, 0.3) is 11.1 Å². The molecule has 5 nitrogen and oxygen atoms in total. The zero-order valence-electron chi connectivity index (χ0n) is 15.1. The van der Waals surface area contributed by atoms with E-state index < -0.39 is 0 Å². The van der Waals surface area contributed by atoms with Gasteiger partial charge in [0.2, 0.25) is 0 Å². The largest absolute Gasteiger partial charge is 0.369 e. The molecule has 5 rings (SSSR count). The third-order valence-corrected chi connectivity index (χ3v) is 6.14. The molecule has 5 heteroatoms. The Kier molecular flexibility index (Phi) is 4.06. The molecule has 0 radical (unpaired) electrons. The van der Waals surface area contributed by atoms with E-state index in [1.165, 1.54) is 17.8 Å². The highest BCUT2D eigenvalue weighted by atomic mass is 16.1. The fraction of sp³-hybridized carbons (Fsp3) is 0.476. The van der Waals surface area contributed by atoms with Gasteiger partial charge in [0.1, 0.15) is 0 Å². The molecule has 3 aliphatic rings. The number of nitrogens with one attached hydrogen (secondary N) is 2. The summed E-state index contributed by atoms with van der Waals surface area (Å²) in [6.07, 6.45) is 1.21. The van der Waals surface area contributed by atoms with Crippen LogP contribution in [0.3, 0.4) is 0 Å². The smallest absolute Gasteiger partial charge is 0.251 e. The molecular weight excluding hydrogens is 324 g/mol. The number of benzene rings is 1. The summed E-state index contributed by atoms with van der Waals surface area (Å²) in [4.78, 5) is 15.1. The first-order valence-electron chi connectivity index (χ1n) is 9.79. The van der Waals surface area contributed by atoms with Crippen molar-refractivity contribution in [2.75, 3.05) is 44.2 Å². The van der Waals surface area contributed by atoms with Gasteiger partial charge in [-0.15, -0.1) is 0 Å². The van der Waals surface area contributed by atoms with Crippen molar-refractivity contribution in [1.82, 2.24) is 15.2 Å². The number of fused-ring (bicyclic) bond motifs is 4. The van der Waals surface area contributed by atoms with E-state index in [0.29, 0.717) is 11.8 Å². The summed E-state index contributed by atoms with van der Waals surface area (Å²) in [5, 5.41) is 6.91. The van der Waals surface area contributed by atoms with Crippen molar-refractivity contribution >= 4 is 5.69 Å². The maximum Gasteiger partial charge on any atom is 0.251 e. The molecule has 0 saturated carbocycles. The van der Waals surface area contributed by atoms with Gasteiger partial charge in [0.05, 0.1) is 0 Å². The molecule has 0 amide bonds. The van der Waals surface area contributed by atoms with E-state index in [9.17, 15) is 4.79 Å². The molecule has 3 aliphatic heterocycles. The second-order valence-electron chi connectivity index (χ2n) is 7.86. The third-order valence-electron chi connectivity index (χ3n) is 6.14. The lowest BCUT2D eigenvalue weighted by Crippen LogP contribution is -2.44. The van der Waals surface area contributed by atoms with Crippen molar-refractivity contribution in [1.29, 1.82) is 0 Å². The minimum Gasteiger partial charge on any atom is -0.369 e. The number of piperidine rings is 1. The molecule has 2 saturated heterocycles. The van der Waals surface area contributed by atoms with E-state index in [0.717, 1.165) is 56.9 Å². The molecule has 1 aromatic heterocycles. The maximum atomic E-state index is 12.7. The lowest BCUT2D eigenvalue weighted by molar-refractivity contribution is 0.257. The number of aromatic nitrogens is 1. The Hall–Kier alpha value is -2.11. The van der Waals surface area contributed by atoms with E-state index in [1.807, 2.05) is 10.6 Å². The Balaban J connectivity index is 1.47. The Morgan fingerprint density at radius 2 is 1.73 bits per heavy atom. The number of rotatable bonds is 2. The van der Waals surface area contributed by atoms with Crippen LogP contribution in [-0.2, 0) is 6.54 Å². The van der Waals surface area contributed by atoms with Gasteiger partial charge in [-0.25, -0.2) is 0 Å². The summed E-state index contributed by atoms with van der Waals surface area (Å²) in [5.74, 6) is 1.07. The van der Waals surface area contributed by atoms with Gasteiger partial charge in [0.25, 0.3) is 5.56 Å². The quantitative estimate of drug-likeness (QED) is 0.864. The fourth-order valence-electron chi connectivity index (χ4n) is 4.76. The predicted molar refractivity (Wildman–Crippen MR) is 105 cm³/mol. The average Bonchev–Trinajstić information content (AvgIpc) is 2.70. The Morgan fingerprint density at radius 1 is 0.923 bits per heavy atom. The van der Waals surface area contributed by atoms with Crippen LogP contribution >= 0.6 is 0 Å². The molecule has 0 unspecified atom stereocenters. The van der Waals surface area contributed by atoms with Crippen LogP contribution in [-0.4, -0.2) is 43.8 Å². The van der Waals surface area contributed by atoms with Gasteiger partial charge in [-0.2, -0.15) is 0 Å². The van der Waals surface area contributed by atoms with E-state index in [2.05, 4.69) is 45.9 Å². The number of piperazine rings is 1. The highest BCUT2D eigenvalue weighted by molar-refractivity contribution is 5.66. The van der Waals surface area contributed by atoms with Crippen molar-refractivity contribution in [2.45, 2.75) is 18.9 Å². The number of anilines is 1. The molecule has 2 atom stereocenters. The van der Waals surface area contributed by atoms with Gasteiger partial charge in [-0.05, 0) is 48.2 Å². The second kappa shape index (κ2) is 6.56. The van der Waals surface area contributed by atoms with Gasteiger partial charge in [0, 0.05) is 62.6 Å². The topological polar surface area (TPSA) is 49.3 Å². The summed E-state index contributed by atoms with van der Waals surface area (Å²) in [6.45, 7) is 7.07. The van der Waals surface area contributed by atoms with Crippen molar-refractivity contribution in [3.8, 4) is 11.1 Å². The third kappa shape index (κ3) is 2.85. The van der Waals surface area contributed by atoms with Gasteiger partial charge >= 0.3 is 0 Å². The molecular formula is C21H26N4O. The molecule has 2 fully saturated rings. The lowest BCUT2D eigenvalue weighted by atomic mass is 9.83. The Bertz CT molecular complexity index is 851. The average molecular weight is 350 g/mol. The summed E-state index contributed by atoms with van der Waals surface area (Å²) in [5.41, 5.74) is 4.82. The molecule has 136 valence electrons. The second-order valence-corrected chi connectivity index (χ2v) is 7.86. The first-order chi connectivity index (χ1) is 12.8.